The van der Waals surface area contributed by atoms with Crippen molar-refractivity contribution in [2.75, 3.05) is 46.6 Å². The van der Waals surface area contributed by atoms with Gasteiger partial charge in [-0.3, -0.25) is 14.3 Å². The number of halogens is 1. The molecular weight excluding hydrogens is 486 g/mol. The third kappa shape index (κ3) is 5.36. The number of nitrogens with zero attached hydrogens (tertiary/aromatic N) is 3. The number of rotatable bonds is 8. The molecule has 5 rings (SSSR count). The molecule has 1 fully saturated rings. The standard InChI is InChI=1S/C26H26ClN3O4S/c1-32-23-15-20(7-8-22(23)34-12-2-9-29-10-13-33-14-11-29)30-17-28-21-16-24(35-25(21)26(30)31)18-3-5-19(27)6-4-18/h3-8,15-17H,2,9-14H2,1H3. The van der Waals surface area contributed by atoms with Crippen LogP contribution in [0.3, 0.4) is 0 Å². The lowest BCUT2D eigenvalue weighted by atomic mass is 10.2. The molecule has 182 valence electrons. The molecule has 0 saturated carbocycles. The second kappa shape index (κ2) is 10.8. The zero-order chi connectivity index (χ0) is 24.2. The number of hydrogen-bond acceptors (Lipinski definition) is 7. The highest BCUT2D eigenvalue weighted by Crippen LogP contribution is 2.33. The molecule has 0 unspecified atom stereocenters. The van der Waals surface area contributed by atoms with Gasteiger partial charge in [0.25, 0.3) is 5.56 Å². The van der Waals surface area contributed by atoms with Crippen molar-refractivity contribution in [1.82, 2.24) is 14.5 Å². The molecule has 2 aromatic heterocycles. The minimum atomic E-state index is -0.124. The zero-order valence-corrected chi connectivity index (χ0v) is 21.0. The smallest absolute Gasteiger partial charge is 0.275 e. The van der Waals surface area contributed by atoms with Gasteiger partial charge in [0, 0.05) is 35.6 Å². The third-order valence-corrected chi connectivity index (χ3v) is 7.39. The summed E-state index contributed by atoms with van der Waals surface area (Å²) in [7, 11) is 1.60. The highest BCUT2D eigenvalue weighted by molar-refractivity contribution is 7.22. The molecule has 35 heavy (non-hydrogen) atoms. The van der Waals surface area contributed by atoms with Crippen LogP contribution in [0, 0.1) is 0 Å². The number of hydrogen-bond donors (Lipinski definition) is 0. The monoisotopic (exact) mass is 511 g/mol. The SMILES string of the molecule is COc1cc(-n2cnc3cc(-c4ccc(Cl)cc4)sc3c2=O)ccc1OCCCN1CCOCC1. The van der Waals surface area contributed by atoms with Crippen LogP contribution in [0.4, 0.5) is 0 Å². The molecule has 0 bridgehead atoms. The lowest BCUT2D eigenvalue weighted by Gasteiger charge is -2.26. The van der Waals surface area contributed by atoms with Crippen molar-refractivity contribution < 1.29 is 14.2 Å². The summed E-state index contributed by atoms with van der Waals surface area (Å²) in [6.07, 6.45) is 2.47. The number of morpholine rings is 1. The predicted molar refractivity (Wildman–Crippen MR) is 140 cm³/mol. The Hall–Kier alpha value is -2.91. The largest absolute Gasteiger partial charge is 0.493 e. The molecule has 1 saturated heterocycles. The molecule has 0 aliphatic carbocycles. The number of methoxy groups -OCH3 is 1. The molecule has 1 aliphatic heterocycles. The average Bonchev–Trinajstić information content (AvgIpc) is 3.33. The summed E-state index contributed by atoms with van der Waals surface area (Å²) in [5.41, 5.74) is 2.22. The molecule has 0 N–H and O–H groups in total. The van der Waals surface area contributed by atoms with E-state index in [1.165, 1.54) is 15.9 Å². The zero-order valence-electron chi connectivity index (χ0n) is 19.4. The van der Waals surface area contributed by atoms with Crippen molar-refractivity contribution >= 4 is 33.2 Å². The fraction of sp³-hybridized carbons (Fsp3) is 0.308. The molecule has 2 aromatic carbocycles. The summed E-state index contributed by atoms with van der Waals surface area (Å²) in [6.45, 7) is 5.09. The van der Waals surface area contributed by atoms with Gasteiger partial charge >= 0.3 is 0 Å². The van der Waals surface area contributed by atoms with Crippen LogP contribution in [0.2, 0.25) is 5.02 Å². The number of aromatic nitrogens is 2. The van der Waals surface area contributed by atoms with E-state index in [2.05, 4.69) is 9.88 Å². The Morgan fingerprint density at radius 2 is 1.89 bits per heavy atom. The van der Waals surface area contributed by atoms with E-state index < -0.39 is 0 Å². The van der Waals surface area contributed by atoms with Gasteiger partial charge in [0.15, 0.2) is 11.5 Å². The van der Waals surface area contributed by atoms with E-state index >= 15 is 0 Å². The number of fused-ring (bicyclic) bond motifs is 1. The first-order chi connectivity index (χ1) is 17.1. The van der Waals surface area contributed by atoms with Gasteiger partial charge in [-0.15, -0.1) is 11.3 Å². The van der Waals surface area contributed by atoms with Crippen LogP contribution in [-0.2, 0) is 4.74 Å². The molecule has 1 aliphatic rings. The van der Waals surface area contributed by atoms with Crippen molar-refractivity contribution in [2.45, 2.75) is 6.42 Å². The first-order valence-corrected chi connectivity index (χ1v) is 12.7. The van der Waals surface area contributed by atoms with Gasteiger partial charge in [0.05, 0.1) is 38.1 Å². The lowest BCUT2D eigenvalue weighted by molar-refractivity contribution is 0.0357. The summed E-state index contributed by atoms with van der Waals surface area (Å²) in [5.74, 6) is 1.23. The van der Waals surface area contributed by atoms with Crippen LogP contribution in [-0.4, -0.2) is 61.0 Å². The van der Waals surface area contributed by atoms with Crippen molar-refractivity contribution in [2.24, 2.45) is 0 Å². The average molecular weight is 512 g/mol. The van der Waals surface area contributed by atoms with E-state index in [-0.39, 0.29) is 5.56 Å². The maximum absolute atomic E-state index is 13.3. The molecular formula is C26H26ClN3O4S. The van der Waals surface area contributed by atoms with E-state index in [4.69, 9.17) is 25.8 Å². The minimum absolute atomic E-state index is 0.124. The van der Waals surface area contributed by atoms with E-state index in [1.807, 2.05) is 42.5 Å². The van der Waals surface area contributed by atoms with E-state index in [0.717, 1.165) is 49.7 Å². The first-order valence-electron chi connectivity index (χ1n) is 11.5. The predicted octanol–water partition coefficient (Wildman–Crippen LogP) is 4.88. The fourth-order valence-corrected chi connectivity index (χ4v) is 5.25. The van der Waals surface area contributed by atoms with E-state index in [1.54, 1.807) is 19.5 Å². The highest BCUT2D eigenvalue weighted by Gasteiger charge is 2.14. The fourth-order valence-electron chi connectivity index (χ4n) is 4.07. The Labute approximate surface area is 212 Å². The van der Waals surface area contributed by atoms with Crippen LogP contribution in [0.1, 0.15) is 6.42 Å². The molecule has 0 amide bonds. The van der Waals surface area contributed by atoms with Crippen LogP contribution in [0.15, 0.2) is 59.7 Å². The molecule has 9 heteroatoms. The quantitative estimate of drug-likeness (QED) is 0.314. The van der Waals surface area contributed by atoms with Crippen molar-refractivity contribution in [1.29, 1.82) is 0 Å². The Morgan fingerprint density at radius 3 is 2.66 bits per heavy atom. The third-order valence-electron chi connectivity index (χ3n) is 5.97. The van der Waals surface area contributed by atoms with E-state index in [9.17, 15) is 4.79 Å². The summed E-state index contributed by atoms with van der Waals surface area (Å²) < 4.78 is 19.1. The molecule has 0 radical (unpaired) electrons. The van der Waals surface area contributed by atoms with Gasteiger partial charge in [-0.1, -0.05) is 23.7 Å². The van der Waals surface area contributed by atoms with Crippen molar-refractivity contribution in [3.63, 3.8) is 0 Å². The minimum Gasteiger partial charge on any atom is -0.493 e. The van der Waals surface area contributed by atoms with Gasteiger partial charge in [0.2, 0.25) is 0 Å². The van der Waals surface area contributed by atoms with Crippen molar-refractivity contribution in [3.05, 3.63) is 70.2 Å². The van der Waals surface area contributed by atoms with Crippen LogP contribution < -0.4 is 15.0 Å². The number of thiophene rings is 1. The Balaban J connectivity index is 1.33. The summed E-state index contributed by atoms with van der Waals surface area (Å²) in [5, 5.41) is 0.675. The first kappa shape index (κ1) is 23.8. The van der Waals surface area contributed by atoms with Gasteiger partial charge < -0.3 is 14.2 Å². The molecule has 7 nitrogen and oxygen atoms in total. The maximum atomic E-state index is 13.3. The molecule has 0 spiro atoms. The topological polar surface area (TPSA) is 65.8 Å². The molecule has 4 aromatic rings. The van der Waals surface area contributed by atoms with Crippen LogP contribution >= 0.6 is 22.9 Å². The Kier molecular flexibility index (Phi) is 7.34. The second-order valence-electron chi connectivity index (χ2n) is 8.24. The van der Waals surface area contributed by atoms with Crippen LogP contribution in [0.25, 0.3) is 26.3 Å². The summed E-state index contributed by atoms with van der Waals surface area (Å²) >= 11 is 7.43. The normalized spacial score (nSPS) is 14.3. The number of ether oxygens (including phenoxy) is 3. The van der Waals surface area contributed by atoms with Crippen molar-refractivity contribution in [3.8, 4) is 27.6 Å². The highest BCUT2D eigenvalue weighted by atomic mass is 35.5. The van der Waals surface area contributed by atoms with Gasteiger partial charge in [-0.25, -0.2) is 4.98 Å². The van der Waals surface area contributed by atoms with Gasteiger partial charge in [-0.2, -0.15) is 0 Å². The number of benzene rings is 2. The Morgan fingerprint density at radius 1 is 1.09 bits per heavy atom. The molecule has 3 heterocycles. The van der Waals surface area contributed by atoms with E-state index in [0.29, 0.717) is 39.0 Å². The van der Waals surface area contributed by atoms with Gasteiger partial charge in [-0.05, 0) is 42.3 Å². The lowest BCUT2D eigenvalue weighted by Crippen LogP contribution is -2.37. The van der Waals surface area contributed by atoms with Crippen LogP contribution in [0.5, 0.6) is 11.5 Å². The Bertz CT molecular complexity index is 1360. The molecule has 0 atom stereocenters. The second-order valence-corrected chi connectivity index (χ2v) is 9.73. The van der Waals surface area contributed by atoms with Gasteiger partial charge in [0.1, 0.15) is 11.0 Å². The summed E-state index contributed by atoms with van der Waals surface area (Å²) in [4.78, 5) is 21.2. The maximum Gasteiger partial charge on any atom is 0.275 e. The summed E-state index contributed by atoms with van der Waals surface area (Å²) in [6, 6.07) is 15.0.